The fourth-order valence-electron chi connectivity index (χ4n) is 3.10. The van der Waals surface area contributed by atoms with Crippen molar-refractivity contribution in [1.82, 2.24) is 4.90 Å². The molecule has 0 amide bonds. The van der Waals surface area contributed by atoms with E-state index in [0.29, 0.717) is 18.8 Å². The van der Waals surface area contributed by atoms with Gasteiger partial charge in [0.15, 0.2) is 0 Å². The van der Waals surface area contributed by atoms with Crippen LogP contribution in [0.3, 0.4) is 0 Å². The van der Waals surface area contributed by atoms with Gasteiger partial charge in [0.25, 0.3) is 10.0 Å². The third-order valence-corrected chi connectivity index (χ3v) is 6.33. The first-order valence-electron chi connectivity index (χ1n) is 8.45. The summed E-state index contributed by atoms with van der Waals surface area (Å²) in [5.41, 5.74) is 1.73. The minimum atomic E-state index is -3.80. The number of nitriles is 1. The molecular weight excluding hydrogens is 348 g/mol. The zero-order valence-corrected chi connectivity index (χ0v) is 15.8. The van der Waals surface area contributed by atoms with E-state index < -0.39 is 10.0 Å². The average molecular weight is 370 g/mol. The smallest absolute Gasteiger partial charge is 0.265 e. The van der Waals surface area contributed by atoms with Gasteiger partial charge in [-0.2, -0.15) is 5.26 Å². The highest BCUT2D eigenvalue weighted by atomic mass is 32.2. The van der Waals surface area contributed by atoms with Gasteiger partial charge in [0.1, 0.15) is 11.0 Å². The van der Waals surface area contributed by atoms with Crippen molar-refractivity contribution in [2.75, 3.05) is 49.5 Å². The lowest BCUT2D eigenvalue weighted by Crippen LogP contribution is -2.45. The maximum absolute atomic E-state index is 13.3. The highest BCUT2D eigenvalue weighted by molar-refractivity contribution is 7.93. The van der Waals surface area contributed by atoms with Crippen LogP contribution in [0.1, 0.15) is 5.56 Å². The van der Waals surface area contributed by atoms with E-state index in [-0.39, 0.29) is 10.5 Å². The van der Waals surface area contributed by atoms with E-state index in [4.69, 9.17) is 0 Å². The summed E-state index contributed by atoms with van der Waals surface area (Å²) >= 11 is 0. The molecule has 0 bridgehead atoms. The Balaban J connectivity index is 2.01. The van der Waals surface area contributed by atoms with Crippen LogP contribution >= 0.6 is 0 Å². The van der Waals surface area contributed by atoms with Gasteiger partial charge in [-0.3, -0.25) is 4.31 Å². The lowest BCUT2D eigenvalue weighted by Gasteiger charge is -2.38. The molecule has 1 aliphatic rings. The first-order chi connectivity index (χ1) is 12.4. The standard InChI is InChI=1S/C19H22N4O2S/c1-21(2)11-12-22-13-14-23(18-9-5-4-8-17(18)22)26(24,25)19-10-6-3-7-16(19)15-20/h3-10H,11-14H2,1-2H3. The van der Waals surface area contributed by atoms with Gasteiger partial charge in [0, 0.05) is 19.6 Å². The number of likely N-dealkylation sites (N-methyl/N-ethyl adjacent to an activating group) is 1. The summed E-state index contributed by atoms with van der Waals surface area (Å²) in [7, 11) is 0.239. The topological polar surface area (TPSA) is 67.7 Å². The van der Waals surface area contributed by atoms with E-state index in [2.05, 4.69) is 9.80 Å². The van der Waals surface area contributed by atoms with Crippen LogP contribution in [0.4, 0.5) is 11.4 Å². The summed E-state index contributed by atoms with van der Waals surface area (Å²) in [6.45, 7) is 2.68. The van der Waals surface area contributed by atoms with Crippen LogP contribution in [0.2, 0.25) is 0 Å². The predicted molar refractivity (Wildman–Crippen MR) is 103 cm³/mol. The molecule has 0 aromatic heterocycles. The molecule has 0 saturated heterocycles. The zero-order chi connectivity index (χ0) is 18.7. The summed E-state index contributed by atoms with van der Waals surface area (Å²) < 4.78 is 27.9. The number of fused-ring (bicyclic) bond motifs is 1. The van der Waals surface area contributed by atoms with E-state index in [1.54, 1.807) is 12.1 Å². The Bertz CT molecular complexity index is 935. The molecule has 2 aromatic rings. The van der Waals surface area contributed by atoms with Gasteiger partial charge in [0.05, 0.1) is 23.5 Å². The van der Waals surface area contributed by atoms with E-state index in [9.17, 15) is 13.7 Å². The Morgan fingerprint density at radius 1 is 1.04 bits per heavy atom. The number of para-hydroxylation sites is 2. The van der Waals surface area contributed by atoms with E-state index in [0.717, 1.165) is 18.8 Å². The first kappa shape index (κ1) is 18.2. The van der Waals surface area contributed by atoms with Crippen molar-refractivity contribution in [3.05, 3.63) is 54.1 Å². The molecule has 0 fully saturated rings. The molecule has 1 aliphatic heterocycles. The Morgan fingerprint density at radius 2 is 1.69 bits per heavy atom. The van der Waals surface area contributed by atoms with Gasteiger partial charge in [-0.25, -0.2) is 8.42 Å². The molecule has 0 saturated carbocycles. The Hall–Kier alpha value is -2.56. The Kier molecular flexibility index (Phi) is 5.16. The molecular formula is C19H22N4O2S. The molecule has 0 atom stereocenters. The van der Waals surface area contributed by atoms with Crippen molar-refractivity contribution < 1.29 is 8.42 Å². The van der Waals surface area contributed by atoms with Gasteiger partial charge in [-0.1, -0.05) is 24.3 Å². The van der Waals surface area contributed by atoms with Gasteiger partial charge in [-0.05, 0) is 38.4 Å². The fraction of sp³-hybridized carbons (Fsp3) is 0.316. The highest BCUT2D eigenvalue weighted by Gasteiger charge is 2.33. The number of nitrogens with zero attached hydrogens (tertiary/aromatic N) is 4. The zero-order valence-electron chi connectivity index (χ0n) is 15.0. The van der Waals surface area contributed by atoms with Crippen LogP contribution in [0.5, 0.6) is 0 Å². The molecule has 26 heavy (non-hydrogen) atoms. The molecule has 0 N–H and O–H groups in total. The third-order valence-electron chi connectivity index (χ3n) is 4.46. The molecule has 6 nitrogen and oxygen atoms in total. The normalized spacial score (nSPS) is 14.2. The maximum atomic E-state index is 13.3. The number of benzene rings is 2. The summed E-state index contributed by atoms with van der Waals surface area (Å²) in [4.78, 5) is 4.37. The second-order valence-corrected chi connectivity index (χ2v) is 8.29. The first-order valence-corrected chi connectivity index (χ1v) is 9.89. The summed E-state index contributed by atoms with van der Waals surface area (Å²) in [6.07, 6.45) is 0. The lowest BCUT2D eigenvalue weighted by molar-refractivity contribution is 0.413. The summed E-state index contributed by atoms with van der Waals surface area (Å²) in [5.74, 6) is 0. The van der Waals surface area contributed by atoms with E-state index >= 15 is 0 Å². The number of sulfonamides is 1. The molecule has 3 rings (SSSR count). The van der Waals surface area contributed by atoms with Gasteiger partial charge in [0.2, 0.25) is 0 Å². The van der Waals surface area contributed by atoms with Crippen molar-refractivity contribution in [3.8, 4) is 6.07 Å². The van der Waals surface area contributed by atoms with Crippen LogP contribution in [0, 0.1) is 11.3 Å². The number of hydrogen-bond acceptors (Lipinski definition) is 5. The van der Waals surface area contributed by atoms with Crippen LogP contribution in [0.15, 0.2) is 53.4 Å². The summed E-state index contributed by atoms with van der Waals surface area (Å²) in [6, 6.07) is 15.9. The monoisotopic (exact) mass is 370 g/mol. The molecule has 0 aliphatic carbocycles. The fourth-order valence-corrected chi connectivity index (χ4v) is 4.72. The average Bonchev–Trinajstić information content (AvgIpc) is 2.65. The SMILES string of the molecule is CN(C)CCN1CCN(S(=O)(=O)c2ccccc2C#N)c2ccccc21. The number of rotatable bonds is 5. The van der Waals surface area contributed by atoms with E-state index in [1.807, 2.05) is 44.4 Å². The second kappa shape index (κ2) is 7.36. The van der Waals surface area contributed by atoms with Crippen LogP contribution in [-0.2, 0) is 10.0 Å². The quantitative estimate of drug-likeness (QED) is 0.807. The Morgan fingerprint density at radius 3 is 2.38 bits per heavy atom. The van der Waals surface area contributed by atoms with Crippen LogP contribution in [0.25, 0.3) is 0 Å². The van der Waals surface area contributed by atoms with Crippen molar-refractivity contribution in [2.24, 2.45) is 0 Å². The maximum Gasteiger partial charge on any atom is 0.265 e. The van der Waals surface area contributed by atoms with Crippen molar-refractivity contribution in [3.63, 3.8) is 0 Å². The van der Waals surface area contributed by atoms with Crippen molar-refractivity contribution in [2.45, 2.75) is 4.90 Å². The second-order valence-electron chi connectivity index (χ2n) is 6.46. The molecule has 0 spiro atoms. The summed E-state index contributed by atoms with van der Waals surface area (Å²) in [5, 5.41) is 9.29. The molecule has 136 valence electrons. The number of anilines is 2. The van der Waals surface area contributed by atoms with Gasteiger partial charge >= 0.3 is 0 Å². The van der Waals surface area contributed by atoms with Crippen LogP contribution < -0.4 is 9.21 Å². The minimum Gasteiger partial charge on any atom is -0.367 e. The molecule has 0 radical (unpaired) electrons. The Labute approximate surface area is 154 Å². The van der Waals surface area contributed by atoms with Crippen molar-refractivity contribution >= 4 is 21.4 Å². The lowest BCUT2D eigenvalue weighted by atomic mass is 10.2. The minimum absolute atomic E-state index is 0.0547. The molecule has 0 unspecified atom stereocenters. The van der Waals surface area contributed by atoms with Gasteiger partial charge in [-0.15, -0.1) is 0 Å². The molecule has 2 aromatic carbocycles. The van der Waals surface area contributed by atoms with Crippen LogP contribution in [-0.4, -0.2) is 53.6 Å². The third kappa shape index (κ3) is 3.39. The molecule has 1 heterocycles. The predicted octanol–water partition coefficient (Wildman–Crippen LogP) is 2.14. The van der Waals surface area contributed by atoms with E-state index in [1.165, 1.54) is 16.4 Å². The van der Waals surface area contributed by atoms with Gasteiger partial charge < -0.3 is 9.80 Å². The number of hydrogen-bond donors (Lipinski definition) is 0. The highest BCUT2D eigenvalue weighted by Crippen LogP contribution is 2.36. The largest absolute Gasteiger partial charge is 0.367 e. The van der Waals surface area contributed by atoms with Crippen molar-refractivity contribution in [1.29, 1.82) is 5.26 Å². The molecule has 7 heteroatoms.